The smallest absolute Gasteiger partial charge is 0.326 e. The number of benzene rings is 2. The largest absolute Gasteiger partial charge is 0.480 e. The van der Waals surface area contributed by atoms with Crippen molar-refractivity contribution in [1.82, 2.24) is 5.32 Å². The van der Waals surface area contributed by atoms with Crippen molar-refractivity contribution in [2.24, 2.45) is 0 Å². The maximum atomic E-state index is 13.5. The minimum Gasteiger partial charge on any atom is -0.480 e. The molecule has 7 heteroatoms. The predicted octanol–water partition coefficient (Wildman–Crippen LogP) is 2.53. The molecule has 0 bridgehead atoms. The first-order valence-electron chi connectivity index (χ1n) is 6.60. The molecule has 0 aliphatic carbocycles. The number of nitrogens with one attached hydrogen (secondary N) is 1. The van der Waals surface area contributed by atoms with Crippen LogP contribution in [0.3, 0.4) is 0 Å². The molecule has 0 saturated carbocycles. The standard InChI is InChI=1S/C16H12F3NO3/c17-10-3-1-2-9(6-10)7-14(16(22)23)20-15(21)12-5-4-11(18)8-13(12)19/h1-6,8,14H,7H2,(H,20,21)(H,22,23)/t14-/m0/s1. The topological polar surface area (TPSA) is 66.4 Å². The Labute approximate surface area is 129 Å². The zero-order valence-corrected chi connectivity index (χ0v) is 11.7. The molecule has 1 amide bonds. The Morgan fingerprint density at radius 3 is 2.35 bits per heavy atom. The number of rotatable bonds is 5. The van der Waals surface area contributed by atoms with Gasteiger partial charge in [0, 0.05) is 12.5 Å². The third-order valence-corrected chi connectivity index (χ3v) is 3.11. The molecular weight excluding hydrogens is 311 g/mol. The Kier molecular flexibility index (Phi) is 5.00. The minimum atomic E-state index is -1.38. The molecule has 2 rings (SSSR count). The van der Waals surface area contributed by atoms with Gasteiger partial charge in [0.2, 0.25) is 0 Å². The van der Waals surface area contributed by atoms with Crippen molar-refractivity contribution in [3.05, 3.63) is 71.0 Å². The summed E-state index contributed by atoms with van der Waals surface area (Å²) in [7, 11) is 0. The number of hydrogen-bond acceptors (Lipinski definition) is 2. The number of hydrogen-bond donors (Lipinski definition) is 2. The van der Waals surface area contributed by atoms with Crippen LogP contribution in [-0.2, 0) is 11.2 Å². The fourth-order valence-electron chi connectivity index (χ4n) is 2.01. The average Bonchev–Trinajstić information content (AvgIpc) is 2.46. The molecule has 0 fully saturated rings. The molecule has 0 aliphatic rings. The number of carboxylic acid groups (broad SMARTS) is 1. The number of carbonyl (C=O) groups is 2. The fourth-order valence-corrected chi connectivity index (χ4v) is 2.01. The second kappa shape index (κ2) is 6.95. The summed E-state index contributed by atoms with van der Waals surface area (Å²) < 4.78 is 39.5. The van der Waals surface area contributed by atoms with Gasteiger partial charge in [-0.25, -0.2) is 18.0 Å². The van der Waals surface area contributed by atoms with E-state index in [0.29, 0.717) is 11.6 Å². The Bertz CT molecular complexity index is 749. The minimum absolute atomic E-state index is 0.179. The molecule has 0 saturated heterocycles. The second-order valence-electron chi connectivity index (χ2n) is 4.82. The van der Waals surface area contributed by atoms with Crippen molar-refractivity contribution in [2.45, 2.75) is 12.5 Å². The lowest BCUT2D eigenvalue weighted by molar-refractivity contribution is -0.139. The Hall–Kier alpha value is -2.83. The lowest BCUT2D eigenvalue weighted by Crippen LogP contribution is -2.42. The van der Waals surface area contributed by atoms with E-state index >= 15 is 0 Å². The summed E-state index contributed by atoms with van der Waals surface area (Å²) in [5.74, 6) is -4.84. The van der Waals surface area contributed by atoms with Crippen LogP contribution in [0, 0.1) is 17.5 Å². The van der Waals surface area contributed by atoms with Gasteiger partial charge in [0.25, 0.3) is 5.91 Å². The molecule has 2 aromatic carbocycles. The van der Waals surface area contributed by atoms with E-state index in [9.17, 15) is 22.8 Å². The third kappa shape index (κ3) is 4.32. The second-order valence-corrected chi connectivity index (χ2v) is 4.82. The SMILES string of the molecule is O=C(N[C@@H](Cc1cccc(F)c1)C(=O)O)c1ccc(F)cc1F. The van der Waals surface area contributed by atoms with Crippen LogP contribution >= 0.6 is 0 Å². The summed E-state index contributed by atoms with van der Waals surface area (Å²) in [6, 6.07) is 6.20. The van der Waals surface area contributed by atoms with E-state index in [1.165, 1.54) is 18.2 Å². The molecule has 0 radical (unpaired) electrons. The van der Waals surface area contributed by atoms with Crippen LogP contribution in [0.15, 0.2) is 42.5 Å². The van der Waals surface area contributed by atoms with Gasteiger partial charge in [0.05, 0.1) is 5.56 Å². The van der Waals surface area contributed by atoms with E-state index in [1.807, 2.05) is 0 Å². The summed E-state index contributed by atoms with van der Waals surface area (Å²) in [5.41, 5.74) is -0.117. The first-order chi connectivity index (χ1) is 10.9. The normalized spacial score (nSPS) is 11.8. The van der Waals surface area contributed by atoms with E-state index in [-0.39, 0.29) is 6.42 Å². The highest BCUT2D eigenvalue weighted by molar-refractivity contribution is 5.96. The molecule has 0 aromatic heterocycles. The van der Waals surface area contributed by atoms with Crippen molar-refractivity contribution in [3.63, 3.8) is 0 Å². The van der Waals surface area contributed by atoms with E-state index < -0.39 is 40.9 Å². The summed E-state index contributed by atoms with van der Waals surface area (Å²) in [6.45, 7) is 0. The van der Waals surface area contributed by atoms with Crippen LogP contribution in [0.25, 0.3) is 0 Å². The monoisotopic (exact) mass is 323 g/mol. The predicted molar refractivity (Wildman–Crippen MR) is 75.4 cm³/mol. The van der Waals surface area contributed by atoms with Crippen LogP contribution in [0.1, 0.15) is 15.9 Å². The van der Waals surface area contributed by atoms with Gasteiger partial charge < -0.3 is 10.4 Å². The quantitative estimate of drug-likeness (QED) is 0.888. The molecular formula is C16H12F3NO3. The van der Waals surface area contributed by atoms with Gasteiger partial charge in [0.1, 0.15) is 23.5 Å². The highest BCUT2D eigenvalue weighted by Crippen LogP contribution is 2.11. The summed E-state index contributed by atoms with van der Waals surface area (Å²) in [5, 5.41) is 11.3. The van der Waals surface area contributed by atoms with E-state index in [2.05, 4.69) is 5.32 Å². The molecule has 0 spiro atoms. The lowest BCUT2D eigenvalue weighted by atomic mass is 10.1. The Balaban J connectivity index is 2.16. The molecule has 2 N–H and O–H groups in total. The van der Waals surface area contributed by atoms with Crippen molar-refractivity contribution >= 4 is 11.9 Å². The van der Waals surface area contributed by atoms with Gasteiger partial charge >= 0.3 is 5.97 Å². The van der Waals surface area contributed by atoms with Crippen molar-refractivity contribution < 1.29 is 27.9 Å². The van der Waals surface area contributed by atoms with Crippen molar-refractivity contribution in [3.8, 4) is 0 Å². The van der Waals surface area contributed by atoms with E-state index in [1.54, 1.807) is 0 Å². The molecule has 2 aromatic rings. The first-order valence-corrected chi connectivity index (χ1v) is 6.60. The van der Waals surface area contributed by atoms with Gasteiger partial charge in [-0.2, -0.15) is 0 Å². The van der Waals surface area contributed by atoms with Gasteiger partial charge in [-0.05, 0) is 29.8 Å². The number of carbonyl (C=O) groups excluding carboxylic acids is 1. The summed E-state index contributed by atoms with van der Waals surface area (Å²) in [6.07, 6.45) is -0.179. The zero-order valence-electron chi connectivity index (χ0n) is 11.7. The Morgan fingerprint density at radius 1 is 1.04 bits per heavy atom. The number of halogens is 3. The first kappa shape index (κ1) is 16.5. The number of amides is 1. The fraction of sp³-hybridized carbons (Fsp3) is 0.125. The van der Waals surface area contributed by atoms with Crippen LogP contribution < -0.4 is 5.32 Å². The van der Waals surface area contributed by atoms with Crippen LogP contribution in [0.4, 0.5) is 13.2 Å². The van der Waals surface area contributed by atoms with Gasteiger partial charge in [0.15, 0.2) is 0 Å². The molecule has 120 valence electrons. The molecule has 0 heterocycles. The average molecular weight is 323 g/mol. The molecule has 1 atom stereocenters. The molecule has 23 heavy (non-hydrogen) atoms. The van der Waals surface area contributed by atoms with Gasteiger partial charge in [-0.1, -0.05) is 12.1 Å². The lowest BCUT2D eigenvalue weighted by Gasteiger charge is -2.15. The number of aliphatic carboxylic acids is 1. The van der Waals surface area contributed by atoms with E-state index in [0.717, 1.165) is 18.2 Å². The highest BCUT2D eigenvalue weighted by Gasteiger charge is 2.23. The maximum absolute atomic E-state index is 13.5. The van der Waals surface area contributed by atoms with Crippen LogP contribution in [0.2, 0.25) is 0 Å². The van der Waals surface area contributed by atoms with E-state index in [4.69, 9.17) is 5.11 Å². The van der Waals surface area contributed by atoms with Gasteiger partial charge in [-0.3, -0.25) is 4.79 Å². The number of carboxylic acids is 1. The Morgan fingerprint density at radius 2 is 1.74 bits per heavy atom. The molecule has 0 aliphatic heterocycles. The van der Waals surface area contributed by atoms with Crippen LogP contribution in [0.5, 0.6) is 0 Å². The van der Waals surface area contributed by atoms with Gasteiger partial charge in [-0.15, -0.1) is 0 Å². The van der Waals surface area contributed by atoms with Crippen molar-refractivity contribution in [2.75, 3.05) is 0 Å². The summed E-state index contributed by atoms with van der Waals surface area (Å²) in [4.78, 5) is 23.2. The van der Waals surface area contributed by atoms with Crippen molar-refractivity contribution in [1.29, 1.82) is 0 Å². The van der Waals surface area contributed by atoms with Crippen LogP contribution in [-0.4, -0.2) is 23.0 Å². The summed E-state index contributed by atoms with van der Waals surface area (Å²) >= 11 is 0. The molecule has 4 nitrogen and oxygen atoms in total. The highest BCUT2D eigenvalue weighted by atomic mass is 19.1. The third-order valence-electron chi connectivity index (χ3n) is 3.11. The molecule has 0 unspecified atom stereocenters. The maximum Gasteiger partial charge on any atom is 0.326 e. The zero-order chi connectivity index (χ0) is 17.0.